The van der Waals surface area contributed by atoms with Crippen molar-refractivity contribution in [2.75, 3.05) is 52.7 Å². The van der Waals surface area contributed by atoms with Gasteiger partial charge in [-0.15, -0.1) is 11.8 Å². The van der Waals surface area contributed by atoms with E-state index in [1.54, 1.807) is 24.0 Å². The number of benzene rings is 1. The van der Waals surface area contributed by atoms with Gasteiger partial charge in [-0.25, -0.2) is 0 Å². The van der Waals surface area contributed by atoms with Gasteiger partial charge in [0, 0.05) is 24.5 Å². The number of hydrogen-bond acceptors (Lipinski definition) is 6. The van der Waals surface area contributed by atoms with Crippen LogP contribution in [0.15, 0.2) is 29.2 Å². The van der Waals surface area contributed by atoms with Crippen molar-refractivity contribution in [1.29, 1.82) is 0 Å². The second-order valence-electron chi connectivity index (χ2n) is 5.89. The zero-order valence-corrected chi connectivity index (χ0v) is 15.3. The topological polar surface area (TPSA) is 79.3 Å². The van der Waals surface area contributed by atoms with Crippen LogP contribution in [0.2, 0.25) is 0 Å². The lowest BCUT2D eigenvalue weighted by molar-refractivity contribution is -0.141. The van der Waals surface area contributed by atoms with E-state index in [4.69, 9.17) is 14.6 Å². The maximum absolute atomic E-state index is 12.4. The highest BCUT2D eigenvalue weighted by Gasteiger charge is 2.25. The summed E-state index contributed by atoms with van der Waals surface area (Å²) in [5.74, 6) is 0.346. The quantitative estimate of drug-likeness (QED) is 0.687. The van der Waals surface area contributed by atoms with Crippen molar-refractivity contribution >= 4 is 23.6 Å². The number of hydrogen-bond donors (Lipinski definition) is 1. The predicted molar refractivity (Wildman–Crippen MR) is 95.2 cm³/mol. The minimum absolute atomic E-state index is 0.0405. The van der Waals surface area contributed by atoms with Gasteiger partial charge in [0.2, 0.25) is 5.91 Å². The summed E-state index contributed by atoms with van der Waals surface area (Å²) in [4.78, 5) is 27.6. The Kier molecular flexibility index (Phi) is 7.54. The average Bonchev–Trinajstić information content (AvgIpc) is 2.59. The van der Waals surface area contributed by atoms with E-state index in [0.29, 0.717) is 32.0 Å². The number of aliphatic carboxylic acids is 1. The second-order valence-corrected chi connectivity index (χ2v) is 6.94. The molecule has 1 N–H and O–H groups in total. The number of likely N-dealkylation sites (N-methyl/N-ethyl adjacent to an activating group) is 1. The van der Waals surface area contributed by atoms with Crippen molar-refractivity contribution in [3.8, 4) is 5.75 Å². The van der Waals surface area contributed by atoms with Crippen LogP contribution < -0.4 is 4.74 Å². The van der Waals surface area contributed by atoms with Gasteiger partial charge in [-0.3, -0.25) is 14.5 Å². The Morgan fingerprint density at radius 1 is 1.40 bits per heavy atom. The molecule has 1 aliphatic heterocycles. The molecule has 1 amide bonds. The Hall–Kier alpha value is -1.77. The van der Waals surface area contributed by atoms with Crippen molar-refractivity contribution in [1.82, 2.24) is 9.80 Å². The van der Waals surface area contributed by atoms with Gasteiger partial charge >= 0.3 is 5.97 Å². The molecule has 1 heterocycles. The number of ether oxygens (including phenoxy) is 2. The lowest BCUT2D eigenvalue weighted by Crippen LogP contribution is -2.50. The molecule has 1 unspecified atom stereocenters. The van der Waals surface area contributed by atoms with E-state index in [9.17, 15) is 9.59 Å². The Balaban J connectivity index is 1.79. The fraction of sp³-hybridized carbons (Fsp3) is 0.529. The molecular weight excluding hydrogens is 344 g/mol. The molecule has 1 aromatic rings. The molecule has 1 aromatic carbocycles. The Morgan fingerprint density at radius 2 is 2.12 bits per heavy atom. The number of nitrogens with zero attached hydrogens (tertiary/aromatic N) is 2. The third-order valence-electron chi connectivity index (χ3n) is 3.83. The van der Waals surface area contributed by atoms with E-state index in [-0.39, 0.29) is 18.6 Å². The molecule has 138 valence electrons. The fourth-order valence-electron chi connectivity index (χ4n) is 2.61. The minimum atomic E-state index is -0.873. The van der Waals surface area contributed by atoms with Gasteiger partial charge in [-0.2, -0.15) is 0 Å². The Labute approximate surface area is 151 Å². The summed E-state index contributed by atoms with van der Waals surface area (Å²) >= 11 is 1.49. The fourth-order valence-corrected chi connectivity index (χ4v) is 3.41. The van der Waals surface area contributed by atoms with Gasteiger partial charge in [0.25, 0.3) is 0 Å². The van der Waals surface area contributed by atoms with Gasteiger partial charge in [-0.1, -0.05) is 0 Å². The molecule has 0 bridgehead atoms. The highest BCUT2D eigenvalue weighted by Crippen LogP contribution is 2.22. The standard InChI is InChI=1S/C17H24N2O5S/c1-18(11-17(21)22)9-14-10-19(7-8-24-14)16(20)12-25-15-5-3-13(23-2)4-6-15/h3-6,14H,7-12H2,1-2H3,(H,21,22). The number of morpholine rings is 1. The number of amides is 1. The molecular formula is C17H24N2O5S. The van der Waals surface area contributed by atoms with Gasteiger partial charge in [0.05, 0.1) is 32.1 Å². The van der Waals surface area contributed by atoms with E-state index < -0.39 is 5.97 Å². The van der Waals surface area contributed by atoms with Crippen molar-refractivity contribution in [3.63, 3.8) is 0 Å². The van der Waals surface area contributed by atoms with Crippen LogP contribution >= 0.6 is 11.8 Å². The molecule has 1 fully saturated rings. The SMILES string of the molecule is COc1ccc(SCC(=O)N2CCOC(CN(C)CC(=O)O)C2)cc1. The zero-order valence-electron chi connectivity index (χ0n) is 14.5. The Morgan fingerprint density at radius 3 is 2.76 bits per heavy atom. The molecule has 1 aliphatic rings. The summed E-state index contributed by atoms with van der Waals surface area (Å²) in [6.45, 7) is 1.99. The number of carbonyl (C=O) groups is 2. The van der Waals surface area contributed by atoms with Crippen molar-refractivity contribution in [2.24, 2.45) is 0 Å². The van der Waals surface area contributed by atoms with Crippen LogP contribution in [0.3, 0.4) is 0 Å². The predicted octanol–water partition coefficient (Wildman–Crippen LogP) is 1.03. The molecule has 0 radical (unpaired) electrons. The van der Waals surface area contributed by atoms with Crippen LogP contribution in [0.5, 0.6) is 5.75 Å². The second kappa shape index (κ2) is 9.65. The average molecular weight is 368 g/mol. The van der Waals surface area contributed by atoms with E-state index in [1.807, 2.05) is 24.3 Å². The van der Waals surface area contributed by atoms with Crippen LogP contribution in [0, 0.1) is 0 Å². The number of rotatable bonds is 8. The van der Waals surface area contributed by atoms with Crippen LogP contribution in [0.4, 0.5) is 0 Å². The molecule has 1 saturated heterocycles. The first kappa shape index (κ1) is 19.6. The summed E-state index contributed by atoms with van der Waals surface area (Å²) in [6, 6.07) is 7.60. The van der Waals surface area contributed by atoms with Gasteiger partial charge in [0.15, 0.2) is 0 Å². The molecule has 1 atom stereocenters. The number of carboxylic acids is 1. The number of methoxy groups -OCH3 is 1. The summed E-state index contributed by atoms with van der Waals surface area (Å²) in [5, 5.41) is 8.81. The van der Waals surface area contributed by atoms with Gasteiger partial charge in [0.1, 0.15) is 5.75 Å². The lowest BCUT2D eigenvalue weighted by Gasteiger charge is -2.34. The first-order chi connectivity index (χ1) is 12.0. The maximum Gasteiger partial charge on any atom is 0.317 e. The molecule has 0 spiro atoms. The number of thioether (sulfide) groups is 1. The monoisotopic (exact) mass is 368 g/mol. The third-order valence-corrected chi connectivity index (χ3v) is 4.83. The molecule has 0 aliphatic carbocycles. The molecule has 0 saturated carbocycles. The number of carboxylic acid groups (broad SMARTS) is 1. The van der Waals surface area contributed by atoms with Crippen molar-refractivity contribution in [2.45, 2.75) is 11.0 Å². The third kappa shape index (κ3) is 6.56. The summed E-state index contributed by atoms with van der Waals surface area (Å²) in [6.07, 6.45) is -0.159. The largest absolute Gasteiger partial charge is 0.497 e. The zero-order chi connectivity index (χ0) is 18.2. The van der Waals surface area contributed by atoms with Gasteiger partial charge < -0.3 is 19.5 Å². The highest BCUT2D eigenvalue weighted by atomic mass is 32.2. The first-order valence-electron chi connectivity index (χ1n) is 8.04. The smallest absolute Gasteiger partial charge is 0.317 e. The van der Waals surface area contributed by atoms with Crippen LogP contribution in [0.25, 0.3) is 0 Å². The lowest BCUT2D eigenvalue weighted by atomic mass is 10.2. The van der Waals surface area contributed by atoms with Gasteiger partial charge in [-0.05, 0) is 31.3 Å². The summed E-state index contributed by atoms with van der Waals surface area (Å²) in [5.41, 5.74) is 0. The number of carbonyl (C=O) groups excluding carboxylic acids is 1. The first-order valence-corrected chi connectivity index (χ1v) is 9.03. The highest BCUT2D eigenvalue weighted by molar-refractivity contribution is 8.00. The molecule has 7 nitrogen and oxygen atoms in total. The van der Waals surface area contributed by atoms with E-state index >= 15 is 0 Å². The summed E-state index contributed by atoms with van der Waals surface area (Å²) < 4.78 is 10.8. The maximum atomic E-state index is 12.4. The van der Waals surface area contributed by atoms with E-state index in [2.05, 4.69) is 0 Å². The van der Waals surface area contributed by atoms with E-state index in [1.165, 1.54) is 11.8 Å². The van der Waals surface area contributed by atoms with Crippen LogP contribution in [0.1, 0.15) is 0 Å². The van der Waals surface area contributed by atoms with E-state index in [0.717, 1.165) is 10.6 Å². The van der Waals surface area contributed by atoms with Crippen LogP contribution in [-0.4, -0.2) is 85.6 Å². The minimum Gasteiger partial charge on any atom is -0.497 e. The Bertz CT molecular complexity index is 581. The molecule has 8 heteroatoms. The molecule has 0 aromatic heterocycles. The molecule has 2 rings (SSSR count). The summed E-state index contributed by atoms with van der Waals surface area (Å²) in [7, 11) is 3.35. The molecule has 25 heavy (non-hydrogen) atoms. The van der Waals surface area contributed by atoms with Crippen molar-refractivity contribution in [3.05, 3.63) is 24.3 Å². The van der Waals surface area contributed by atoms with Crippen molar-refractivity contribution < 1.29 is 24.2 Å². The normalized spacial score (nSPS) is 17.6. The van der Waals surface area contributed by atoms with Crippen LogP contribution in [-0.2, 0) is 14.3 Å².